The number of rotatable bonds is 7. The Balaban J connectivity index is 1.68. The Morgan fingerprint density at radius 1 is 1.00 bits per heavy atom. The van der Waals surface area contributed by atoms with Crippen molar-refractivity contribution in [3.63, 3.8) is 0 Å². The van der Waals surface area contributed by atoms with Crippen molar-refractivity contribution in [2.45, 2.75) is 30.4 Å². The lowest BCUT2D eigenvalue weighted by Gasteiger charge is -2.08. The third kappa shape index (κ3) is 4.40. The highest BCUT2D eigenvalue weighted by molar-refractivity contribution is 7.98. The topological polar surface area (TPSA) is 31.4 Å². The summed E-state index contributed by atoms with van der Waals surface area (Å²) in [6, 6.07) is 14.7. The van der Waals surface area contributed by atoms with Gasteiger partial charge in [-0.25, -0.2) is 4.98 Å². The van der Waals surface area contributed by atoms with Crippen molar-refractivity contribution >= 4 is 23.1 Å². The van der Waals surface area contributed by atoms with Gasteiger partial charge >= 0.3 is 0 Å². The molecule has 0 bridgehead atoms. The molecule has 0 N–H and O–H groups in total. The molecule has 0 saturated carbocycles. The predicted octanol–water partition coefficient (Wildman–Crippen LogP) is 6.24. The largest absolute Gasteiger partial charge is 0.493 e. The monoisotopic (exact) mass is 385 g/mol. The summed E-state index contributed by atoms with van der Waals surface area (Å²) >= 11 is 3.47. The molecule has 0 saturated heterocycles. The number of thiazole rings is 1. The zero-order chi connectivity index (χ0) is 18.5. The van der Waals surface area contributed by atoms with Crippen molar-refractivity contribution in [2.24, 2.45) is 0 Å². The molecule has 2 aromatic carbocycles. The number of thioether (sulfide) groups is 1. The molecule has 26 heavy (non-hydrogen) atoms. The highest BCUT2D eigenvalue weighted by Gasteiger charge is 2.10. The van der Waals surface area contributed by atoms with Gasteiger partial charge in [-0.15, -0.1) is 23.1 Å². The number of hydrogen-bond donors (Lipinski definition) is 0. The summed E-state index contributed by atoms with van der Waals surface area (Å²) in [4.78, 5) is 6.05. The lowest BCUT2D eigenvalue weighted by Crippen LogP contribution is -1.91. The minimum Gasteiger partial charge on any atom is -0.493 e. The van der Waals surface area contributed by atoms with E-state index in [1.807, 2.05) is 30.0 Å². The maximum absolute atomic E-state index is 5.38. The number of aromatic nitrogens is 1. The third-order valence-corrected chi connectivity index (χ3v) is 6.10. The molecular formula is C21H23NO2S2. The summed E-state index contributed by atoms with van der Waals surface area (Å²) in [5, 5.41) is 3.12. The van der Waals surface area contributed by atoms with Crippen LogP contribution < -0.4 is 9.47 Å². The molecule has 0 aliphatic heterocycles. The fraction of sp³-hybridized carbons (Fsp3) is 0.286. The fourth-order valence-electron chi connectivity index (χ4n) is 2.58. The maximum Gasteiger partial charge on any atom is 0.161 e. The average molecular weight is 386 g/mol. The Labute approximate surface area is 163 Å². The van der Waals surface area contributed by atoms with Crippen LogP contribution in [-0.4, -0.2) is 19.2 Å². The summed E-state index contributed by atoms with van der Waals surface area (Å²) in [7, 11) is 3.29. The summed E-state index contributed by atoms with van der Waals surface area (Å²) in [5.41, 5.74) is 3.52. The van der Waals surface area contributed by atoms with Crippen molar-refractivity contribution in [2.75, 3.05) is 14.2 Å². The molecule has 0 aliphatic carbocycles. The minimum atomic E-state index is 0.566. The van der Waals surface area contributed by atoms with Gasteiger partial charge in [0.15, 0.2) is 11.5 Å². The second kappa shape index (κ2) is 8.60. The first-order valence-electron chi connectivity index (χ1n) is 8.50. The minimum absolute atomic E-state index is 0.566. The molecule has 1 heterocycles. The van der Waals surface area contributed by atoms with Gasteiger partial charge in [0, 0.05) is 21.6 Å². The molecule has 3 aromatic rings. The van der Waals surface area contributed by atoms with Gasteiger partial charge in [-0.2, -0.15) is 0 Å². The Hall–Kier alpha value is -1.98. The highest BCUT2D eigenvalue weighted by atomic mass is 32.2. The van der Waals surface area contributed by atoms with Crippen molar-refractivity contribution < 1.29 is 9.47 Å². The van der Waals surface area contributed by atoms with E-state index in [2.05, 4.69) is 43.5 Å². The van der Waals surface area contributed by atoms with E-state index in [0.717, 1.165) is 33.5 Å². The van der Waals surface area contributed by atoms with Gasteiger partial charge in [0.2, 0.25) is 0 Å². The first-order chi connectivity index (χ1) is 12.6. The molecule has 0 atom stereocenters. The Morgan fingerprint density at radius 3 is 2.38 bits per heavy atom. The first kappa shape index (κ1) is 18.8. The van der Waals surface area contributed by atoms with Gasteiger partial charge in [-0.05, 0) is 41.8 Å². The predicted molar refractivity (Wildman–Crippen MR) is 111 cm³/mol. The van der Waals surface area contributed by atoms with Crippen LogP contribution in [-0.2, 0) is 5.75 Å². The number of nitrogens with zero attached hydrogens (tertiary/aromatic N) is 1. The molecular weight excluding hydrogens is 362 g/mol. The molecule has 0 fully saturated rings. The van der Waals surface area contributed by atoms with Crippen molar-refractivity contribution in [3.8, 4) is 22.1 Å². The second-order valence-electron chi connectivity index (χ2n) is 6.23. The molecule has 0 aliphatic rings. The summed E-state index contributed by atoms with van der Waals surface area (Å²) in [5.74, 6) is 2.89. The molecule has 3 rings (SSSR count). The van der Waals surface area contributed by atoms with Crippen molar-refractivity contribution in [1.82, 2.24) is 4.98 Å². The summed E-state index contributed by atoms with van der Waals surface area (Å²) in [6.45, 7) is 4.43. The van der Waals surface area contributed by atoms with Gasteiger partial charge < -0.3 is 9.47 Å². The van der Waals surface area contributed by atoms with Crippen LogP contribution in [0.5, 0.6) is 11.5 Å². The van der Waals surface area contributed by atoms with Crippen molar-refractivity contribution in [3.05, 3.63) is 59.1 Å². The van der Waals surface area contributed by atoms with Gasteiger partial charge in [0.1, 0.15) is 5.01 Å². The lowest BCUT2D eigenvalue weighted by molar-refractivity contribution is 0.355. The van der Waals surface area contributed by atoms with Gasteiger partial charge in [-0.3, -0.25) is 0 Å². The maximum atomic E-state index is 5.38. The third-order valence-electron chi connectivity index (χ3n) is 4.12. The SMILES string of the molecule is COc1ccc(-c2nc(CSc3ccc(C(C)C)cc3)cs2)cc1OC. The second-order valence-corrected chi connectivity index (χ2v) is 8.13. The highest BCUT2D eigenvalue weighted by Crippen LogP contribution is 2.34. The molecule has 5 heteroatoms. The number of methoxy groups -OCH3 is 2. The van der Waals surface area contributed by atoms with E-state index in [9.17, 15) is 0 Å². The molecule has 0 radical (unpaired) electrons. The van der Waals surface area contributed by atoms with E-state index in [0.29, 0.717) is 5.92 Å². The van der Waals surface area contributed by atoms with Crippen LogP contribution >= 0.6 is 23.1 Å². The average Bonchev–Trinajstić information content (AvgIpc) is 3.15. The van der Waals surface area contributed by atoms with E-state index < -0.39 is 0 Å². The molecule has 3 nitrogen and oxygen atoms in total. The van der Waals surface area contributed by atoms with Crippen LogP contribution in [0.2, 0.25) is 0 Å². The molecule has 0 spiro atoms. The zero-order valence-electron chi connectivity index (χ0n) is 15.5. The summed E-state index contributed by atoms with van der Waals surface area (Å²) in [6.07, 6.45) is 0. The van der Waals surface area contributed by atoms with Gasteiger partial charge in [0.25, 0.3) is 0 Å². The van der Waals surface area contributed by atoms with Crippen LogP contribution in [0.15, 0.2) is 52.7 Å². The number of hydrogen-bond acceptors (Lipinski definition) is 5. The van der Waals surface area contributed by atoms with E-state index >= 15 is 0 Å². The van der Waals surface area contributed by atoms with E-state index in [1.54, 1.807) is 25.6 Å². The van der Waals surface area contributed by atoms with Gasteiger partial charge in [0.05, 0.1) is 19.9 Å². The van der Waals surface area contributed by atoms with Crippen LogP contribution in [0.1, 0.15) is 31.0 Å². The molecule has 136 valence electrons. The molecule has 0 unspecified atom stereocenters. The van der Waals surface area contributed by atoms with E-state index in [4.69, 9.17) is 14.5 Å². The summed E-state index contributed by atoms with van der Waals surface area (Å²) < 4.78 is 10.7. The molecule has 1 aromatic heterocycles. The van der Waals surface area contributed by atoms with E-state index in [-0.39, 0.29) is 0 Å². The first-order valence-corrected chi connectivity index (χ1v) is 10.4. The van der Waals surface area contributed by atoms with Crippen molar-refractivity contribution in [1.29, 1.82) is 0 Å². The molecule has 0 amide bonds. The Morgan fingerprint density at radius 2 is 1.73 bits per heavy atom. The normalized spacial score (nSPS) is 11.0. The quantitative estimate of drug-likeness (QED) is 0.450. The Bertz CT molecular complexity index is 857. The lowest BCUT2D eigenvalue weighted by atomic mass is 10.0. The van der Waals surface area contributed by atoms with E-state index in [1.165, 1.54) is 10.5 Å². The van der Waals surface area contributed by atoms with Crippen LogP contribution in [0.3, 0.4) is 0 Å². The van der Waals surface area contributed by atoms with Crippen LogP contribution in [0.25, 0.3) is 10.6 Å². The van der Waals surface area contributed by atoms with Gasteiger partial charge in [-0.1, -0.05) is 26.0 Å². The van der Waals surface area contributed by atoms with Crippen LogP contribution in [0, 0.1) is 0 Å². The van der Waals surface area contributed by atoms with Crippen LogP contribution in [0.4, 0.5) is 0 Å². The fourth-order valence-corrected chi connectivity index (χ4v) is 4.29. The number of ether oxygens (including phenoxy) is 2. The zero-order valence-corrected chi connectivity index (χ0v) is 17.1. The number of benzene rings is 2. The standard InChI is InChI=1S/C21H23NO2S2/c1-14(2)15-5-8-18(9-6-15)25-12-17-13-26-21(22-17)16-7-10-19(23-3)20(11-16)24-4/h5-11,13-14H,12H2,1-4H3. The smallest absolute Gasteiger partial charge is 0.161 e. The Kier molecular flexibility index (Phi) is 6.22.